The van der Waals surface area contributed by atoms with Crippen molar-refractivity contribution in [1.29, 1.82) is 0 Å². The average Bonchev–Trinajstić information content (AvgIpc) is 2.73. The van der Waals surface area contributed by atoms with Crippen molar-refractivity contribution < 1.29 is 9.57 Å². The zero-order valence-electron chi connectivity index (χ0n) is 17.4. The van der Waals surface area contributed by atoms with Crippen LogP contribution in [0.15, 0.2) is 59.8 Å². The smallest absolute Gasteiger partial charge is 0.107 e. The van der Waals surface area contributed by atoms with Crippen LogP contribution in [0.4, 0.5) is 5.69 Å². The molecular formula is C23H31N3O2. The van der Waals surface area contributed by atoms with Gasteiger partial charge in [0, 0.05) is 24.3 Å². The van der Waals surface area contributed by atoms with Crippen molar-refractivity contribution in [2.75, 3.05) is 52.4 Å². The van der Waals surface area contributed by atoms with Gasteiger partial charge in [0.05, 0.1) is 18.8 Å². The molecule has 1 saturated heterocycles. The van der Waals surface area contributed by atoms with Crippen LogP contribution in [0, 0.1) is 0 Å². The number of nitrogens with zero attached hydrogens (tertiary/aromatic N) is 3. The van der Waals surface area contributed by atoms with Gasteiger partial charge < -0.3 is 14.5 Å². The minimum absolute atomic E-state index is 0.308. The number of rotatable bonds is 7. The van der Waals surface area contributed by atoms with Crippen molar-refractivity contribution in [3.8, 4) is 0 Å². The summed E-state index contributed by atoms with van der Waals surface area (Å²) >= 11 is 0. The molecule has 5 heteroatoms. The van der Waals surface area contributed by atoms with E-state index in [1.807, 2.05) is 6.07 Å². The molecular weight excluding hydrogens is 350 g/mol. The topological polar surface area (TPSA) is 37.3 Å². The van der Waals surface area contributed by atoms with Crippen molar-refractivity contribution in [2.24, 2.45) is 5.16 Å². The molecule has 1 unspecified atom stereocenters. The van der Waals surface area contributed by atoms with Gasteiger partial charge in [0.15, 0.2) is 0 Å². The minimum atomic E-state index is -0.308. The second-order valence-corrected chi connectivity index (χ2v) is 7.60. The van der Waals surface area contributed by atoms with Gasteiger partial charge in [-0.2, -0.15) is 0 Å². The number of ether oxygens (including phenoxy) is 1. The first-order chi connectivity index (χ1) is 13.5. The van der Waals surface area contributed by atoms with Gasteiger partial charge in [-0.3, -0.25) is 4.90 Å². The average molecular weight is 382 g/mol. The fourth-order valence-electron chi connectivity index (χ4n) is 3.65. The summed E-state index contributed by atoms with van der Waals surface area (Å²) in [7, 11) is 5.80. The first kappa shape index (κ1) is 20.4. The molecule has 1 aliphatic heterocycles. The lowest BCUT2D eigenvalue weighted by Crippen LogP contribution is -2.51. The summed E-state index contributed by atoms with van der Waals surface area (Å²) in [5.74, 6) is 0. The molecule has 0 bridgehead atoms. The Morgan fingerprint density at radius 1 is 1.07 bits per heavy atom. The largest absolute Gasteiger partial charge is 0.399 e. The van der Waals surface area contributed by atoms with Gasteiger partial charge in [-0.15, -0.1) is 0 Å². The second-order valence-electron chi connectivity index (χ2n) is 7.60. The maximum Gasteiger partial charge on any atom is 0.107 e. The SMILES string of the molecule is CON=C(c1ccc(N2CCOCC2)cc1)C(C)(Cc1ccccc1)N(C)C. The molecule has 1 atom stereocenters. The highest BCUT2D eigenvalue weighted by Gasteiger charge is 2.35. The summed E-state index contributed by atoms with van der Waals surface area (Å²) in [5, 5.41) is 4.47. The van der Waals surface area contributed by atoms with Crippen LogP contribution in [0.2, 0.25) is 0 Å². The third-order valence-corrected chi connectivity index (χ3v) is 5.59. The number of likely N-dealkylation sites (N-methyl/N-ethyl adjacent to an activating group) is 1. The molecule has 0 amide bonds. The van der Waals surface area contributed by atoms with E-state index in [1.165, 1.54) is 11.3 Å². The highest BCUT2D eigenvalue weighted by Crippen LogP contribution is 2.26. The molecule has 150 valence electrons. The first-order valence-corrected chi connectivity index (χ1v) is 9.81. The highest BCUT2D eigenvalue weighted by molar-refractivity contribution is 6.07. The molecule has 1 aliphatic rings. The van der Waals surface area contributed by atoms with Crippen molar-refractivity contribution in [3.63, 3.8) is 0 Å². The highest BCUT2D eigenvalue weighted by atomic mass is 16.6. The molecule has 2 aromatic rings. The number of morpholine rings is 1. The normalized spacial score (nSPS) is 17.5. The van der Waals surface area contributed by atoms with Gasteiger partial charge in [-0.1, -0.05) is 47.6 Å². The fraction of sp³-hybridized carbons (Fsp3) is 0.435. The molecule has 1 fully saturated rings. The zero-order valence-corrected chi connectivity index (χ0v) is 17.4. The molecule has 0 radical (unpaired) electrons. The van der Waals surface area contributed by atoms with Crippen LogP contribution >= 0.6 is 0 Å². The number of oxime groups is 1. The molecule has 0 aliphatic carbocycles. The Bertz CT molecular complexity index is 768. The first-order valence-electron chi connectivity index (χ1n) is 9.81. The Labute approximate surface area is 168 Å². The molecule has 0 N–H and O–H groups in total. The quantitative estimate of drug-likeness (QED) is 0.544. The summed E-state index contributed by atoms with van der Waals surface area (Å²) in [6, 6.07) is 19.2. The predicted octanol–water partition coefficient (Wildman–Crippen LogP) is 3.44. The number of hydrogen-bond acceptors (Lipinski definition) is 5. The van der Waals surface area contributed by atoms with E-state index in [2.05, 4.69) is 84.5 Å². The van der Waals surface area contributed by atoms with E-state index in [-0.39, 0.29) is 5.54 Å². The Hall–Kier alpha value is -2.37. The van der Waals surface area contributed by atoms with Gasteiger partial charge >= 0.3 is 0 Å². The van der Waals surface area contributed by atoms with E-state index in [4.69, 9.17) is 9.57 Å². The standard InChI is InChI=1S/C23H31N3O2/c1-23(25(2)3,18-19-8-6-5-7-9-19)22(24-27-4)20-10-12-21(13-11-20)26-14-16-28-17-15-26/h5-13H,14-18H2,1-4H3. The van der Waals surface area contributed by atoms with Crippen molar-refractivity contribution in [2.45, 2.75) is 18.9 Å². The molecule has 3 rings (SSSR count). The lowest BCUT2D eigenvalue weighted by atomic mass is 9.83. The zero-order chi connectivity index (χ0) is 20.0. The molecule has 28 heavy (non-hydrogen) atoms. The lowest BCUT2D eigenvalue weighted by molar-refractivity contribution is 0.122. The van der Waals surface area contributed by atoms with Crippen LogP contribution in [-0.2, 0) is 16.0 Å². The maximum absolute atomic E-state index is 5.46. The molecule has 0 aromatic heterocycles. The van der Waals surface area contributed by atoms with E-state index in [9.17, 15) is 0 Å². The van der Waals surface area contributed by atoms with Crippen LogP contribution in [0.25, 0.3) is 0 Å². The lowest BCUT2D eigenvalue weighted by Gasteiger charge is -2.37. The van der Waals surface area contributed by atoms with Crippen molar-refractivity contribution in [3.05, 3.63) is 65.7 Å². The van der Waals surface area contributed by atoms with E-state index in [0.717, 1.165) is 44.0 Å². The molecule has 0 spiro atoms. The van der Waals surface area contributed by atoms with E-state index < -0.39 is 0 Å². The number of hydrogen-bond donors (Lipinski definition) is 0. The molecule has 5 nitrogen and oxygen atoms in total. The van der Waals surface area contributed by atoms with Gasteiger partial charge in [0.2, 0.25) is 0 Å². The molecule has 2 aromatic carbocycles. The number of benzene rings is 2. The third kappa shape index (κ3) is 4.54. The number of anilines is 1. The van der Waals surface area contributed by atoms with Crippen LogP contribution < -0.4 is 4.90 Å². The third-order valence-electron chi connectivity index (χ3n) is 5.59. The van der Waals surface area contributed by atoms with Gasteiger partial charge in [0.25, 0.3) is 0 Å². The van der Waals surface area contributed by atoms with Crippen LogP contribution in [-0.4, -0.2) is 63.7 Å². The Kier molecular flexibility index (Phi) is 6.70. The summed E-state index contributed by atoms with van der Waals surface area (Å²) in [5.41, 5.74) is 4.19. The monoisotopic (exact) mass is 381 g/mol. The van der Waals surface area contributed by atoms with Gasteiger partial charge in [-0.05, 0) is 45.1 Å². The molecule has 1 heterocycles. The maximum atomic E-state index is 5.46. The van der Waals surface area contributed by atoms with Crippen LogP contribution in [0.3, 0.4) is 0 Å². The van der Waals surface area contributed by atoms with Crippen LogP contribution in [0.5, 0.6) is 0 Å². The summed E-state index contributed by atoms with van der Waals surface area (Å²) in [6.45, 7) is 5.65. The Balaban J connectivity index is 1.91. The van der Waals surface area contributed by atoms with Crippen molar-refractivity contribution in [1.82, 2.24) is 4.90 Å². The van der Waals surface area contributed by atoms with Gasteiger partial charge in [-0.25, -0.2) is 0 Å². The van der Waals surface area contributed by atoms with Crippen LogP contribution in [0.1, 0.15) is 18.1 Å². The van der Waals surface area contributed by atoms with Gasteiger partial charge in [0.1, 0.15) is 12.8 Å². The summed E-state index contributed by atoms with van der Waals surface area (Å²) < 4.78 is 5.46. The predicted molar refractivity (Wildman–Crippen MR) is 115 cm³/mol. The van der Waals surface area contributed by atoms with E-state index in [1.54, 1.807) is 7.11 Å². The minimum Gasteiger partial charge on any atom is -0.399 e. The fourth-order valence-corrected chi connectivity index (χ4v) is 3.65. The van der Waals surface area contributed by atoms with E-state index >= 15 is 0 Å². The Morgan fingerprint density at radius 2 is 1.71 bits per heavy atom. The summed E-state index contributed by atoms with van der Waals surface area (Å²) in [6.07, 6.45) is 0.842. The second kappa shape index (κ2) is 9.22. The van der Waals surface area contributed by atoms with Crippen molar-refractivity contribution >= 4 is 11.4 Å². The Morgan fingerprint density at radius 3 is 2.29 bits per heavy atom. The van der Waals surface area contributed by atoms with E-state index in [0.29, 0.717) is 0 Å². The molecule has 0 saturated carbocycles. The summed E-state index contributed by atoms with van der Waals surface area (Å²) in [4.78, 5) is 9.85.